The summed E-state index contributed by atoms with van der Waals surface area (Å²) in [6, 6.07) is 1.51. The van der Waals surface area contributed by atoms with E-state index in [0.29, 0.717) is 5.92 Å². The molecule has 1 aliphatic heterocycles. The summed E-state index contributed by atoms with van der Waals surface area (Å²) in [6.07, 6.45) is 5.30. The lowest BCUT2D eigenvalue weighted by Crippen LogP contribution is -2.36. The number of hydrogen-bond donors (Lipinski definition) is 0. The SMILES string of the molecule is O=c1ccncn1CC1CCN(c2nncs2)CC1. The molecule has 6 nitrogen and oxygen atoms in total. The molecular weight excluding hydrogens is 262 g/mol. The van der Waals surface area contributed by atoms with Crippen LogP contribution < -0.4 is 10.5 Å². The highest BCUT2D eigenvalue weighted by atomic mass is 32.1. The maximum atomic E-state index is 11.6. The molecule has 0 spiro atoms. The molecule has 0 N–H and O–H groups in total. The molecule has 2 aromatic heterocycles. The average molecular weight is 277 g/mol. The largest absolute Gasteiger partial charge is 0.347 e. The minimum Gasteiger partial charge on any atom is -0.347 e. The van der Waals surface area contributed by atoms with E-state index in [2.05, 4.69) is 20.1 Å². The molecule has 0 saturated carbocycles. The molecule has 1 saturated heterocycles. The summed E-state index contributed by atoms with van der Waals surface area (Å²) in [4.78, 5) is 17.9. The third-order valence-corrected chi connectivity index (χ3v) is 4.23. The van der Waals surface area contributed by atoms with Crippen LogP contribution in [0.15, 0.2) is 28.9 Å². The number of rotatable bonds is 3. The molecule has 3 heterocycles. The van der Waals surface area contributed by atoms with Crippen LogP contribution in [0.4, 0.5) is 5.13 Å². The van der Waals surface area contributed by atoms with Gasteiger partial charge in [-0.25, -0.2) is 4.98 Å². The Morgan fingerprint density at radius 1 is 1.37 bits per heavy atom. The molecule has 1 fully saturated rings. The third-order valence-electron chi connectivity index (χ3n) is 3.48. The summed E-state index contributed by atoms with van der Waals surface area (Å²) in [5.74, 6) is 0.533. The average Bonchev–Trinajstić information content (AvgIpc) is 2.96. The van der Waals surface area contributed by atoms with E-state index in [9.17, 15) is 4.79 Å². The van der Waals surface area contributed by atoms with Gasteiger partial charge in [0.25, 0.3) is 5.56 Å². The zero-order valence-electron chi connectivity index (χ0n) is 10.5. The topological polar surface area (TPSA) is 63.9 Å². The highest BCUT2D eigenvalue weighted by molar-refractivity contribution is 7.13. The molecule has 0 amide bonds. The minimum absolute atomic E-state index is 0.0292. The lowest BCUT2D eigenvalue weighted by molar-refractivity contribution is 0.351. The number of hydrogen-bond acceptors (Lipinski definition) is 6. The van der Waals surface area contributed by atoms with Gasteiger partial charge in [0.05, 0.1) is 6.33 Å². The number of anilines is 1. The second kappa shape index (κ2) is 5.48. The molecule has 0 bridgehead atoms. The third kappa shape index (κ3) is 2.81. The first-order chi connectivity index (χ1) is 9.33. The predicted molar refractivity (Wildman–Crippen MR) is 73.3 cm³/mol. The van der Waals surface area contributed by atoms with Gasteiger partial charge in [-0.05, 0) is 18.8 Å². The molecule has 0 unspecified atom stereocenters. The maximum absolute atomic E-state index is 11.6. The lowest BCUT2D eigenvalue weighted by atomic mass is 9.97. The Hall–Kier alpha value is -1.76. The highest BCUT2D eigenvalue weighted by Crippen LogP contribution is 2.24. The Labute approximate surface area is 114 Å². The summed E-state index contributed by atoms with van der Waals surface area (Å²) >= 11 is 1.58. The van der Waals surface area contributed by atoms with Crippen molar-refractivity contribution in [3.05, 3.63) is 34.5 Å². The monoisotopic (exact) mass is 277 g/mol. The van der Waals surface area contributed by atoms with Crippen LogP contribution in [0.2, 0.25) is 0 Å². The van der Waals surface area contributed by atoms with Gasteiger partial charge in [-0.1, -0.05) is 11.3 Å². The molecule has 0 atom stereocenters. The van der Waals surface area contributed by atoms with Gasteiger partial charge in [0.15, 0.2) is 0 Å². The Bertz CT molecular complexity index is 574. The van der Waals surface area contributed by atoms with Gasteiger partial charge >= 0.3 is 0 Å². The summed E-state index contributed by atoms with van der Waals surface area (Å²) in [5.41, 5.74) is 1.79. The van der Waals surface area contributed by atoms with E-state index in [1.807, 2.05) is 0 Å². The van der Waals surface area contributed by atoms with E-state index in [0.717, 1.165) is 37.6 Å². The van der Waals surface area contributed by atoms with E-state index in [1.54, 1.807) is 27.7 Å². The molecule has 1 aliphatic rings. The van der Waals surface area contributed by atoms with Crippen molar-refractivity contribution in [3.63, 3.8) is 0 Å². The van der Waals surface area contributed by atoms with Crippen molar-refractivity contribution in [2.24, 2.45) is 5.92 Å². The van der Waals surface area contributed by atoms with Crippen LogP contribution in [0.3, 0.4) is 0 Å². The quantitative estimate of drug-likeness (QED) is 0.838. The maximum Gasteiger partial charge on any atom is 0.253 e. The lowest BCUT2D eigenvalue weighted by Gasteiger charge is -2.31. The van der Waals surface area contributed by atoms with Crippen molar-refractivity contribution in [2.45, 2.75) is 19.4 Å². The van der Waals surface area contributed by atoms with Gasteiger partial charge in [0, 0.05) is 31.9 Å². The van der Waals surface area contributed by atoms with E-state index < -0.39 is 0 Å². The molecule has 100 valence electrons. The van der Waals surface area contributed by atoms with Gasteiger partial charge in [-0.2, -0.15) is 0 Å². The number of nitrogens with zero attached hydrogens (tertiary/aromatic N) is 5. The summed E-state index contributed by atoms with van der Waals surface area (Å²) in [7, 11) is 0. The van der Waals surface area contributed by atoms with Crippen LogP contribution in [0.5, 0.6) is 0 Å². The first kappa shape index (κ1) is 12.3. The van der Waals surface area contributed by atoms with Gasteiger partial charge < -0.3 is 4.90 Å². The van der Waals surface area contributed by atoms with Gasteiger partial charge in [-0.3, -0.25) is 9.36 Å². The second-order valence-electron chi connectivity index (χ2n) is 4.72. The molecule has 0 aliphatic carbocycles. The van der Waals surface area contributed by atoms with Gasteiger partial charge in [0.2, 0.25) is 5.13 Å². The van der Waals surface area contributed by atoms with Crippen molar-refractivity contribution >= 4 is 16.5 Å². The Morgan fingerprint density at radius 3 is 2.89 bits per heavy atom. The number of piperidine rings is 1. The van der Waals surface area contributed by atoms with Crippen LogP contribution >= 0.6 is 11.3 Å². The van der Waals surface area contributed by atoms with Crippen molar-refractivity contribution in [2.75, 3.05) is 18.0 Å². The summed E-state index contributed by atoms with van der Waals surface area (Å²) in [5, 5.41) is 8.96. The molecule has 7 heteroatoms. The molecule has 2 aromatic rings. The molecule has 0 radical (unpaired) electrons. The first-order valence-electron chi connectivity index (χ1n) is 6.34. The molecule has 3 rings (SSSR count). The predicted octanol–water partition coefficient (Wildman–Crippen LogP) is 1.01. The fraction of sp³-hybridized carbons (Fsp3) is 0.500. The normalized spacial score (nSPS) is 16.7. The van der Waals surface area contributed by atoms with Crippen molar-refractivity contribution < 1.29 is 0 Å². The molecule has 0 aromatic carbocycles. The van der Waals surface area contributed by atoms with Crippen LogP contribution in [0.1, 0.15) is 12.8 Å². The molecule has 19 heavy (non-hydrogen) atoms. The Morgan fingerprint density at radius 2 is 2.21 bits per heavy atom. The van der Waals surface area contributed by atoms with Crippen molar-refractivity contribution in [1.82, 2.24) is 19.7 Å². The fourth-order valence-corrected chi connectivity index (χ4v) is 3.02. The summed E-state index contributed by atoms with van der Waals surface area (Å²) < 4.78 is 1.70. The smallest absolute Gasteiger partial charge is 0.253 e. The first-order valence-corrected chi connectivity index (χ1v) is 7.22. The van der Waals surface area contributed by atoms with E-state index >= 15 is 0 Å². The fourth-order valence-electron chi connectivity index (χ4n) is 2.41. The zero-order chi connectivity index (χ0) is 13.1. The van der Waals surface area contributed by atoms with E-state index in [4.69, 9.17) is 0 Å². The minimum atomic E-state index is 0.0292. The Balaban J connectivity index is 1.59. The van der Waals surface area contributed by atoms with Gasteiger partial charge in [0.1, 0.15) is 5.51 Å². The highest BCUT2D eigenvalue weighted by Gasteiger charge is 2.21. The van der Waals surface area contributed by atoms with Crippen molar-refractivity contribution in [1.29, 1.82) is 0 Å². The molecular formula is C12H15N5OS. The second-order valence-corrected chi connectivity index (χ2v) is 5.53. The number of aromatic nitrogens is 4. The van der Waals surface area contributed by atoms with Crippen molar-refractivity contribution in [3.8, 4) is 0 Å². The van der Waals surface area contributed by atoms with Crippen LogP contribution in [-0.4, -0.2) is 32.8 Å². The van der Waals surface area contributed by atoms with Crippen LogP contribution in [0.25, 0.3) is 0 Å². The van der Waals surface area contributed by atoms with Crippen LogP contribution in [-0.2, 0) is 6.54 Å². The van der Waals surface area contributed by atoms with Crippen LogP contribution in [0, 0.1) is 5.92 Å². The summed E-state index contributed by atoms with van der Waals surface area (Å²) in [6.45, 7) is 2.72. The van der Waals surface area contributed by atoms with Gasteiger partial charge in [-0.15, -0.1) is 10.2 Å². The van der Waals surface area contributed by atoms with E-state index in [1.165, 1.54) is 12.3 Å². The van der Waals surface area contributed by atoms with E-state index in [-0.39, 0.29) is 5.56 Å². The Kier molecular flexibility index (Phi) is 3.54. The zero-order valence-corrected chi connectivity index (χ0v) is 11.3. The standard InChI is InChI=1S/C12H15N5OS/c18-11-1-4-13-8-17(11)7-10-2-5-16(6-3-10)12-15-14-9-19-12/h1,4,8-10H,2-3,5-7H2.